The monoisotopic (exact) mass is 395 g/mol. The molecule has 0 radical (unpaired) electrons. The number of hydrogen-bond acceptors (Lipinski definition) is 3. The number of anilines is 1. The van der Waals surface area contributed by atoms with Crippen LogP contribution in [0.2, 0.25) is 0 Å². The predicted molar refractivity (Wildman–Crippen MR) is 96.5 cm³/mol. The standard InChI is InChI=1S/C17H18BrNO3S/c1-3-13-19(15-7-9-16(10-8-15)22-4-2)23(20,21)17-11-5-14(18)6-12-17/h3,5-12H,1,4,13H2,2H3. The highest BCUT2D eigenvalue weighted by atomic mass is 79.9. The third-order valence-electron chi connectivity index (χ3n) is 3.13. The summed E-state index contributed by atoms with van der Waals surface area (Å²) in [6, 6.07) is 13.5. The lowest BCUT2D eigenvalue weighted by Crippen LogP contribution is -2.31. The maximum Gasteiger partial charge on any atom is 0.264 e. The lowest BCUT2D eigenvalue weighted by molar-refractivity contribution is 0.340. The Bertz CT molecular complexity index is 755. The largest absolute Gasteiger partial charge is 0.494 e. The molecule has 0 saturated heterocycles. The highest BCUT2D eigenvalue weighted by Gasteiger charge is 2.23. The second kappa shape index (κ2) is 7.66. The van der Waals surface area contributed by atoms with E-state index in [0.29, 0.717) is 18.0 Å². The Kier molecular flexibility index (Phi) is 5.85. The lowest BCUT2D eigenvalue weighted by atomic mass is 10.3. The van der Waals surface area contributed by atoms with Crippen LogP contribution in [0.3, 0.4) is 0 Å². The zero-order chi connectivity index (χ0) is 16.9. The first-order valence-corrected chi connectivity index (χ1v) is 9.34. The smallest absolute Gasteiger partial charge is 0.264 e. The summed E-state index contributed by atoms with van der Waals surface area (Å²) in [5.41, 5.74) is 0.566. The molecule has 2 aromatic carbocycles. The van der Waals surface area contributed by atoms with Crippen molar-refractivity contribution in [2.75, 3.05) is 17.5 Å². The Morgan fingerprint density at radius 3 is 2.26 bits per heavy atom. The fraction of sp³-hybridized carbons (Fsp3) is 0.176. The summed E-state index contributed by atoms with van der Waals surface area (Å²) >= 11 is 3.31. The van der Waals surface area contributed by atoms with Gasteiger partial charge >= 0.3 is 0 Å². The average molecular weight is 396 g/mol. The molecule has 0 aromatic heterocycles. The van der Waals surface area contributed by atoms with Crippen molar-refractivity contribution in [1.29, 1.82) is 0 Å². The van der Waals surface area contributed by atoms with Crippen molar-refractivity contribution < 1.29 is 13.2 Å². The fourth-order valence-electron chi connectivity index (χ4n) is 2.07. The van der Waals surface area contributed by atoms with E-state index in [2.05, 4.69) is 22.5 Å². The van der Waals surface area contributed by atoms with Gasteiger partial charge in [-0.15, -0.1) is 6.58 Å². The maximum absolute atomic E-state index is 12.9. The van der Waals surface area contributed by atoms with Crippen LogP contribution in [0.25, 0.3) is 0 Å². The summed E-state index contributed by atoms with van der Waals surface area (Å²) in [5, 5.41) is 0. The zero-order valence-electron chi connectivity index (χ0n) is 12.8. The van der Waals surface area contributed by atoms with Gasteiger partial charge in [0.05, 0.1) is 23.7 Å². The van der Waals surface area contributed by atoms with E-state index in [1.54, 1.807) is 54.6 Å². The number of nitrogens with zero attached hydrogens (tertiary/aromatic N) is 1. The molecular formula is C17H18BrNO3S. The summed E-state index contributed by atoms with van der Waals surface area (Å²) in [6.07, 6.45) is 1.56. The van der Waals surface area contributed by atoms with E-state index in [1.165, 1.54) is 4.31 Å². The maximum atomic E-state index is 12.9. The van der Waals surface area contributed by atoms with Crippen molar-refractivity contribution in [3.8, 4) is 5.75 Å². The number of halogens is 1. The Labute approximate surface area is 145 Å². The van der Waals surface area contributed by atoms with Crippen LogP contribution in [0.1, 0.15) is 6.92 Å². The second-order valence-corrected chi connectivity index (χ2v) is 7.48. The van der Waals surface area contributed by atoms with E-state index in [-0.39, 0.29) is 11.4 Å². The molecule has 2 rings (SSSR count). The van der Waals surface area contributed by atoms with Crippen LogP contribution >= 0.6 is 15.9 Å². The molecule has 122 valence electrons. The van der Waals surface area contributed by atoms with Crippen molar-refractivity contribution in [2.45, 2.75) is 11.8 Å². The molecule has 0 unspecified atom stereocenters. The molecule has 23 heavy (non-hydrogen) atoms. The molecule has 0 bridgehead atoms. The van der Waals surface area contributed by atoms with Gasteiger partial charge in [-0.2, -0.15) is 0 Å². The van der Waals surface area contributed by atoms with Crippen LogP contribution in [-0.2, 0) is 10.0 Å². The van der Waals surface area contributed by atoms with Crippen molar-refractivity contribution in [2.24, 2.45) is 0 Å². The van der Waals surface area contributed by atoms with Gasteiger partial charge in [0.2, 0.25) is 0 Å². The number of benzene rings is 2. The SMILES string of the molecule is C=CCN(c1ccc(OCC)cc1)S(=O)(=O)c1ccc(Br)cc1. The van der Waals surface area contributed by atoms with Crippen molar-refractivity contribution in [3.05, 3.63) is 65.7 Å². The van der Waals surface area contributed by atoms with Crippen LogP contribution in [0.15, 0.2) is 70.6 Å². The molecule has 0 atom stereocenters. The topological polar surface area (TPSA) is 46.6 Å². The molecule has 0 spiro atoms. The number of rotatable bonds is 7. The van der Waals surface area contributed by atoms with Gasteiger partial charge in [-0.1, -0.05) is 22.0 Å². The highest BCUT2D eigenvalue weighted by molar-refractivity contribution is 9.10. The Morgan fingerprint density at radius 1 is 1.13 bits per heavy atom. The minimum absolute atomic E-state index is 0.187. The molecule has 0 fully saturated rings. The first kappa shape index (κ1) is 17.6. The first-order chi connectivity index (χ1) is 11.0. The predicted octanol–water partition coefficient (Wildman–Crippen LogP) is 4.23. The second-order valence-electron chi connectivity index (χ2n) is 4.71. The molecule has 0 N–H and O–H groups in total. The van der Waals surface area contributed by atoms with Crippen LogP contribution in [0.4, 0.5) is 5.69 Å². The van der Waals surface area contributed by atoms with Gasteiger partial charge < -0.3 is 4.74 Å². The van der Waals surface area contributed by atoms with Crippen LogP contribution in [0, 0.1) is 0 Å². The van der Waals surface area contributed by atoms with Gasteiger partial charge in [-0.25, -0.2) is 8.42 Å². The third kappa shape index (κ3) is 4.14. The Hall–Kier alpha value is -1.79. The fourth-order valence-corrected chi connectivity index (χ4v) is 3.77. The van der Waals surface area contributed by atoms with Gasteiger partial charge in [0.25, 0.3) is 10.0 Å². The minimum Gasteiger partial charge on any atom is -0.494 e. The molecule has 4 nitrogen and oxygen atoms in total. The lowest BCUT2D eigenvalue weighted by Gasteiger charge is -2.23. The summed E-state index contributed by atoms with van der Waals surface area (Å²) in [5.74, 6) is 0.704. The van der Waals surface area contributed by atoms with E-state index >= 15 is 0 Å². The highest BCUT2D eigenvalue weighted by Crippen LogP contribution is 2.26. The summed E-state index contributed by atoms with van der Waals surface area (Å²) < 4.78 is 33.3. The minimum atomic E-state index is -3.66. The molecule has 0 amide bonds. The third-order valence-corrected chi connectivity index (χ3v) is 5.47. The van der Waals surface area contributed by atoms with Gasteiger partial charge in [-0.3, -0.25) is 4.31 Å². The first-order valence-electron chi connectivity index (χ1n) is 7.11. The quantitative estimate of drug-likeness (QED) is 0.658. The summed E-state index contributed by atoms with van der Waals surface area (Å²) in [6.45, 7) is 6.30. The number of ether oxygens (including phenoxy) is 1. The molecule has 0 saturated carbocycles. The van der Waals surface area contributed by atoms with E-state index in [4.69, 9.17) is 4.74 Å². The summed E-state index contributed by atoms with van der Waals surface area (Å²) in [4.78, 5) is 0.233. The van der Waals surface area contributed by atoms with Crippen molar-refractivity contribution >= 4 is 31.6 Å². The number of sulfonamides is 1. The van der Waals surface area contributed by atoms with E-state index < -0.39 is 10.0 Å². The molecule has 0 aliphatic carbocycles. The molecule has 0 aliphatic heterocycles. The van der Waals surface area contributed by atoms with Gasteiger partial charge in [-0.05, 0) is 55.5 Å². The Morgan fingerprint density at radius 2 is 1.74 bits per heavy atom. The van der Waals surface area contributed by atoms with Gasteiger partial charge in [0.1, 0.15) is 5.75 Å². The van der Waals surface area contributed by atoms with Crippen LogP contribution < -0.4 is 9.04 Å². The molecule has 6 heteroatoms. The van der Waals surface area contributed by atoms with Crippen molar-refractivity contribution in [3.63, 3.8) is 0 Å². The molecule has 0 heterocycles. The average Bonchev–Trinajstić information content (AvgIpc) is 2.54. The zero-order valence-corrected chi connectivity index (χ0v) is 15.2. The van der Waals surface area contributed by atoms with Crippen LogP contribution in [0.5, 0.6) is 5.75 Å². The van der Waals surface area contributed by atoms with Crippen LogP contribution in [-0.4, -0.2) is 21.6 Å². The van der Waals surface area contributed by atoms with E-state index in [0.717, 1.165) is 4.47 Å². The molecule has 2 aromatic rings. The molecular weight excluding hydrogens is 378 g/mol. The Balaban J connectivity index is 2.40. The van der Waals surface area contributed by atoms with Crippen molar-refractivity contribution in [1.82, 2.24) is 0 Å². The molecule has 0 aliphatic rings. The normalized spacial score (nSPS) is 11.0. The van der Waals surface area contributed by atoms with Gasteiger partial charge in [0.15, 0.2) is 0 Å². The van der Waals surface area contributed by atoms with E-state index in [1.807, 2.05) is 6.92 Å². The van der Waals surface area contributed by atoms with E-state index in [9.17, 15) is 8.42 Å². The van der Waals surface area contributed by atoms with Gasteiger partial charge in [0, 0.05) is 4.47 Å². The number of hydrogen-bond donors (Lipinski definition) is 0. The summed E-state index contributed by atoms with van der Waals surface area (Å²) in [7, 11) is -3.66.